The van der Waals surface area contributed by atoms with Crippen LogP contribution in [-0.2, 0) is 10.0 Å². The summed E-state index contributed by atoms with van der Waals surface area (Å²) in [5.41, 5.74) is 6.06. The Hall–Kier alpha value is -2.55. The second-order valence-electron chi connectivity index (χ2n) is 4.75. The van der Waals surface area contributed by atoms with E-state index in [1.165, 1.54) is 24.3 Å². The van der Waals surface area contributed by atoms with E-state index in [-0.39, 0.29) is 10.7 Å². The van der Waals surface area contributed by atoms with Gasteiger partial charge in [-0.1, -0.05) is 0 Å². The SMILES string of the molecule is CNc1nc(NS(=O)(=O)c2ccc(N)cc2)cc(N(C)C)n1. The van der Waals surface area contributed by atoms with E-state index in [0.29, 0.717) is 17.5 Å². The van der Waals surface area contributed by atoms with Gasteiger partial charge in [-0.3, -0.25) is 4.72 Å². The van der Waals surface area contributed by atoms with E-state index >= 15 is 0 Å². The first kappa shape index (κ1) is 15.8. The van der Waals surface area contributed by atoms with Crippen LogP contribution in [0.2, 0.25) is 0 Å². The Morgan fingerprint density at radius 2 is 1.77 bits per heavy atom. The Bertz CT molecular complexity index is 759. The summed E-state index contributed by atoms with van der Waals surface area (Å²) in [6.45, 7) is 0. The minimum Gasteiger partial charge on any atom is -0.399 e. The molecule has 4 N–H and O–H groups in total. The molecule has 0 atom stereocenters. The molecule has 22 heavy (non-hydrogen) atoms. The number of nitrogens with zero attached hydrogens (tertiary/aromatic N) is 3. The molecule has 0 saturated carbocycles. The molecule has 9 heteroatoms. The van der Waals surface area contributed by atoms with Gasteiger partial charge in [-0.2, -0.15) is 9.97 Å². The number of anilines is 4. The van der Waals surface area contributed by atoms with Gasteiger partial charge in [0.25, 0.3) is 10.0 Å². The summed E-state index contributed by atoms with van der Waals surface area (Å²) in [5, 5.41) is 2.80. The lowest BCUT2D eigenvalue weighted by Gasteiger charge is -2.14. The fourth-order valence-electron chi connectivity index (χ4n) is 1.67. The van der Waals surface area contributed by atoms with Crippen molar-refractivity contribution in [3.63, 3.8) is 0 Å². The van der Waals surface area contributed by atoms with Gasteiger partial charge in [0, 0.05) is 32.9 Å². The number of nitrogens with two attached hydrogens (primary N) is 1. The molecule has 1 aromatic heterocycles. The predicted molar refractivity (Wildman–Crippen MR) is 87.6 cm³/mol. The van der Waals surface area contributed by atoms with Gasteiger partial charge in [0.05, 0.1) is 4.90 Å². The topological polar surface area (TPSA) is 113 Å². The highest BCUT2D eigenvalue weighted by Gasteiger charge is 2.16. The molecule has 1 aromatic carbocycles. The zero-order valence-electron chi connectivity index (χ0n) is 12.5. The summed E-state index contributed by atoms with van der Waals surface area (Å²) in [6, 6.07) is 7.47. The first-order chi connectivity index (χ1) is 10.3. The van der Waals surface area contributed by atoms with Gasteiger partial charge in [-0.05, 0) is 24.3 Å². The van der Waals surface area contributed by atoms with Crippen LogP contribution in [0.15, 0.2) is 35.2 Å². The second kappa shape index (κ2) is 6.06. The maximum absolute atomic E-state index is 12.3. The van der Waals surface area contributed by atoms with E-state index in [1.807, 2.05) is 0 Å². The van der Waals surface area contributed by atoms with Crippen molar-refractivity contribution >= 4 is 33.3 Å². The lowest BCUT2D eigenvalue weighted by molar-refractivity contribution is 0.601. The molecular weight excluding hydrogens is 304 g/mol. The van der Waals surface area contributed by atoms with Crippen LogP contribution in [0.25, 0.3) is 0 Å². The number of benzene rings is 1. The second-order valence-corrected chi connectivity index (χ2v) is 6.44. The van der Waals surface area contributed by atoms with Crippen LogP contribution in [0.3, 0.4) is 0 Å². The summed E-state index contributed by atoms with van der Waals surface area (Å²) in [6.07, 6.45) is 0. The quantitative estimate of drug-likeness (QED) is 0.703. The van der Waals surface area contributed by atoms with E-state index in [4.69, 9.17) is 5.73 Å². The summed E-state index contributed by atoms with van der Waals surface area (Å²) in [4.78, 5) is 10.2. The van der Waals surface area contributed by atoms with Crippen LogP contribution in [0.4, 0.5) is 23.3 Å². The van der Waals surface area contributed by atoms with Crippen molar-refractivity contribution in [2.24, 2.45) is 0 Å². The van der Waals surface area contributed by atoms with Crippen molar-refractivity contribution in [3.8, 4) is 0 Å². The van der Waals surface area contributed by atoms with Crippen LogP contribution >= 0.6 is 0 Å². The zero-order chi connectivity index (χ0) is 16.3. The Morgan fingerprint density at radius 1 is 1.14 bits per heavy atom. The number of aromatic nitrogens is 2. The molecule has 118 valence electrons. The molecule has 1 heterocycles. The van der Waals surface area contributed by atoms with Crippen LogP contribution in [0.1, 0.15) is 0 Å². The minimum atomic E-state index is -3.74. The number of hydrogen-bond acceptors (Lipinski definition) is 7. The standard InChI is InChI=1S/C13H18N6O2S/c1-15-13-16-11(8-12(17-13)19(2)3)18-22(20,21)10-6-4-9(14)5-7-10/h4-8H,14H2,1-3H3,(H2,15,16,17,18). The third kappa shape index (κ3) is 3.55. The maximum atomic E-state index is 12.3. The number of nitrogens with one attached hydrogen (secondary N) is 2. The fraction of sp³-hybridized carbons (Fsp3) is 0.231. The van der Waals surface area contributed by atoms with Crippen LogP contribution < -0.4 is 20.7 Å². The van der Waals surface area contributed by atoms with Crippen molar-refractivity contribution in [2.45, 2.75) is 4.90 Å². The fourth-order valence-corrected chi connectivity index (χ4v) is 2.66. The normalized spacial score (nSPS) is 11.0. The third-order valence-corrected chi connectivity index (χ3v) is 4.19. The highest BCUT2D eigenvalue weighted by molar-refractivity contribution is 7.92. The molecule has 0 radical (unpaired) electrons. The molecule has 0 aliphatic rings. The highest BCUT2D eigenvalue weighted by atomic mass is 32.2. The molecule has 0 aliphatic carbocycles. The first-order valence-electron chi connectivity index (χ1n) is 6.44. The van der Waals surface area contributed by atoms with Gasteiger partial charge in [0.1, 0.15) is 11.6 Å². The third-order valence-electron chi connectivity index (χ3n) is 2.82. The van der Waals surface area contributed by atoms with Crippen molar-refractivity contribution < 1.29 is 8.42 Å². The van der Waals surface area contributed by atoms with Gasteiger partial charge in [-0.25, -0.2) is 8.42 Å². The van der Waals surface area contributed by atoms with E-state index < -0.39 is 10.0 Å². The van der Waals surface area contributed by atoms with Crippen molar-refractivity contribution in [2.75, 3.05) is 41.8 Å². The van der Waals surface area contributed by atoms with Gasteiger partial charge < -0.3 is 16.0 Å². The minimum absolute atomic E-state index is 0.109. The predicted octanol–water partition coefficient (Wildman–Crippen LogP) is 0.967. The summed E-state index contributed by atoms with van der Waals surface area (Å²) < 4.78 is 27.1. The van der Waals surface area contributed by atoms with Gasteiger partial charge in [-0.15, -0.1) is 0 Å². The van der Waals surface area contributed by atoms with Crippen LogP contribution in [-0.4, -0.2) is 39.5 Å². The number of hydrogen-bond donors (Lipinski definition) is 3. The summed E-state index contributed by atoms with van der Waals surface area (Å²) in [7, 11) is 1.53. The molecule has 0 amide bonds. The average molecular weight is 322 g/mol. The lowest BCUT2D eigenvalue weighted by Crippen LogP contribution is -2.17. The summed E-state index contributed by atoms with van der Waals surface area (Å²) >= 11 is 0. The lowest BCUT2D eigenvalue weighted by atomic mass is 10.3. The molecule has 0 saturated heterocycles. The molecule has 0 spiro atoms. The first-order valence-corrected chi connectivity index (χ1v) is 7.92. The summed E-state index contributed by atoms with van der Waals surface area (Å²) in [5.74, 6) is 1.08. The molecule has 8 nitrogen and oxygen atoms in total. The Morgan fingerprint density at radius 3 is 2.32 bits per heavy atom. The molecule has 0 fully saturated rings. The monoisotopic (exact) mass is 322 g/mol. The number of nitrogen functional groups attached to an aromatic ring is 1. The molecule has 2 rings (SSSR count). The van der Waals surface area contributed by atoms with Gasteiger partial charge >= 0.3 is 0 Å². The number of rotatable bonds is 5. The number of sulfonamides is 1. The van der Waals surface area contributed by atoms with E-state index in [0.717, 1.165) is 0 Å². The van der Waals surface area contributed by atoms with E-state index in [2.05, 4.69) is 20.0 Å². The molecule has 2 aromatic rings. The van der Waals surface area contributed by atoms with Crippen molar-refractivity contribution in [1.82, 2.24) is 9.97 Å². The van der Waals surface area contributed by atoms with Crippen molar-refractivity contribution in [1.29, 1.82) is 0 Å². The maximum Gasteiger partial charge on any atom is 0.263 e. The molecular formula is C13H18N6O2S. The molecule has 0 unspecified atom stereocenters. The van der Waals surface area contributed by atoms with Crippen LogP contribution in [0, 0.1) is 0 Å². The Balaban J connectivity index is 2.36. The zero-order valence-corrected chi connectivity index (χ0v) is 13.3. The highest BCUT2D eigenvalue weighted by Crippen LogP contribution is 2.20. The van der Waals surface area contributed by atoms with Crippen LogP contribution in [0.5, 0.6) is 0 Å². The van der Waals surface area contributed by atoms with E-state index in [1.54, 1.807) is 32.1 Å². The Labute approximate surface area is 129 Å². The van der Waals surface area contributed by atoms with Gasteiger partial charge in [0.2, 0.25) is 5.95 Å². The van der Waals surface area contributed by atoms with Gasteiger partial charge in [0.15, 0.2) is 0 Å². The molecule has 0 aliphatic heterocycles. The molecule has 0 bridgehead atoms. The Kier molecular flexibility index (Phi) is 4.36. The average Bonchev–Trinajstić information content (AvgIpc) is 2.46. The van der Waals surface area contributed by atoms with E-state index in [9.17, 15) is 8.42 Å². The smallest absolute Gasteiger partial charge is 0.263 e. The van der Waals surface area contributed by atoms with Crippen molar-refractivity contribution in [3.05, 3.63) is 30.3 Å². The largest absolute Gasteiger partial charge is 0.399 e.